The van der Waals surface area contributed by atoms with Crippen LogP contribution in [0, 0.1) is 0 Å². The van der Waals surface area contributed by atoms with Crippen LogP contribution in [-0.2, 0) is 17.9 Å². The molecule has 0 aliphatic carbocycles. The normalized spacial score (nSPS) is 22.9. The topological polar surface area (TPSA) is 51.2 Å². The van der Waals surface area contributed by atoms with E-state index in [1.807, 2.05) is 4.90 Å². The molecule has 2 saturated heterocycles. The fourth-order valence-corrected chi connectivity index (χ4v) is 4.53. The van der Waals surface area contributed by atoms with Crippen LogP contribution in [0.4, 0.5) is 0 Å². The van der Waals surface area contributed by atoms with Gasteiger partial charge < -0.3 is 15.1 Å². The minimum Gasteiger partial charge on any atom is -0.357 e. The number of carbonyl (C=O) groups excluding carboxylic acids is 1. The molecule has 1 amide bonds. The summed E-state index contributed by atoms with van der Waals surface area (Å²) in [7, 11) is 0. The molecule has 1 atom stereocenters. The van der Waals surface area contributed by atoms with Gasteiger partial charge in [0, 0.05) is 58.3 Å². The Labute approximate surface area is 174 Å². The highest BCUT2D eigenvalue weighted by molar-refractivity contribution is 5.80. The minimum atomic E-state index is 0.277. The molecule has 6 heteroatoms. The Morgan fingerprint density at radius 3 is 2.79 bits per heavy atom. The lowest BCUT2D eigenvalue weighted by molar-refractivity contribution is -0.128. The third-order valence-electron chi connectivity index (χ3n) is 6.11. The number of hydrogen-bond donors (Lipinski definition) is 1. The largest absolute Gasteiger partial charge is 0.357 e. The Morgan fingerprint density at radius 2 is 2.03 bits per heavy atom. The fraction of sp³-hybridized carbons (Fsp3) is 0.565. The zero-order valence-corrected chi connectivity index (χ0v) is 17.5. The second-order valence-electron chi connectivity index (χ2n) is 8.22. The number of rotatable bonds is 6. The highest BCUT2D eigenvalue weighted by Gasteiger charge is 2.29. The molecular weight excluding hydrogens is 362 g/mol. The van der Waals surface area contributed by atoms with E-state index < -0.39 is 0 Å². The first kappa shape index (κ1) is 20.0. The number of nitrogens with one attached hydrogen (secondary N) is 1. The smallest absolute Gasteiger partial charge is 0.222 e. The maximum absolute atomic E-state index is 11.9. The molecule has 0 aromatic heterocycles. The summed E-state index contributed by atoms with van der Waals surface area (Å²) in [5.74, 6) is 1.29. The SMILES string of the molecule is CCNC(=NCc1cccc(CN2CCCC2=O)c1)N1CCC(N2CC=CC2)C1. The Balaban J connectivity index is 1.37. The number of likely N-dealkylation sites (tertiary alicyclic amines) is 2. The van der Waals surface area contributed by atoms with Gasteiger partial charge in [0.15, 0.2) is 5.96 Å². The maximum Gasteiger partial charge on any atom is 0.222 e. The second kappa shape index (κ2) is 9.44. The van der Waals surface area contributed by atoms with E-state index in [9.17, 15) is 4.79 Å². The minimum absolute atomic E-state index is 0.277. The van der Waals surface area contributed by atoms with Crippen LogP contribution >= 0.6 is 0 Å². The van der Waals surface area contributed by atoms with Crippen LogP contribution in [0.15, 0.2) is 41.4 Å². The van der Waals surface area contributed by atoms with Crippen molar-refractivity contribution in [1.29, 1.82) is 0 Å². The summed E-state index contributed by atoms with van der Waals surface area (Å²) < 4.78 is 0. The molecule has 4 rings (SSSR count). The van der Waals surface area contributed by atoms with E-state index in [-0.39, 0.29) is 5.91 Å². The van der Waals surface area contributed by atoms with E-state index in [1.165, 1.54) is 17.5 Å². The van der Waals surface area contributed by atoms with Gasteiger partial charge in [-0.15, -0.1) is 0 Å². The van der Waals surface area contributed by atoms with E-state index in [1.54, 1.807) is 0 Å². The van der Waals surface area contributed by atoms with Gasteiger partial charge in [-0.2, -0.15) is 0 Å². The summed E-state index contributed by atoms with van der Waals surface area (Å²) in [6, 6.07) is 9.14. The standard InChI is InChI=1S/C23H33N5O/c1-2-24-23(28-14-10-21(18-28)26-11-3-4-12-26)25-16-19-7-5-8-20(15-19)17-27-13-6-9-22(27)29/h3-5,7-8,15,21H,2,6,9-14,16-18H2,1H3,(H,24,25). The highest BCUT2D eigenvalue weighted by Crippen LogP contribution is 2.19. The molecule has 0 radical (unpaired) electrons. The summed E-state index contributed by atoms with van der Waals surface area (Å²) in [5, 5.41) is 3.47. The lowest BCUT2D eigenvalue weighted by Gasteiger charge is -2.25. The number of aliphatic imine (C=N–C) groups is 1. The molecule has 1 aromatic carbocycles. The van der Waals surface area contributed by atoms with E-state index in [2.05, 4.69) is 58.5 Å². The van der Waals surface area contributed by atoms with Crippen LogP contribution in [0.25, 0.3) is 0 Å². The molecule has 2 fully saturated rings. The Hall–Kier alpha value is -2.34. The second-order valence-corrected chi connectivity index (χ2v) is 8.22. The monoisotopic (exact) mass is 395 g/mol. The van der Waals surface area contributed by atoms with Crippen LogP contribution in [-0.4, -0.2) is 71.9 Å². The van der Waals surface area contributed by atoms with Crippen molar-refractivity contribution in [3.63, 3.8) is 0 Å². The summed E-state index contributed by atoms with van der Waals surface area (Å²) in [4.78, 5) is 23.7. The molecule has 3 aliphatic rings. The molecule has 1 aromatic rings. The summed E-state index contributed by atoms with van der Waals surface area (Å²) >= 11 is 0. The van der Waals surface area contributed by atoms with Gasteiger partial charge in [0.25, 0.3) is 0 Å². The van der Waals surface area contributed by atoms with Crippen molar-refractivity contribution in [2.75, 3.05) is 39.3 Å². The predicted octanol–water partition coefficient (Wildman–Crippen LogP) is 2.22. The van der Waals surface area contributed by atoms with Gasteiger partial charge >= 0.3 is 0 Å². The Kier molecular flexibility index (Phi) is 6.49. The van der Waals surface area contributed by atoms with Crippen molar-refractivity contribution >= 4 is 11.9 Å². The maximum atomic E-state index is 11.9. The molecule has 0 spiro atoms. The molecule has 3 aliphatic heterocycles. The van der Waals surface area contributed by atoms with E-state index in [0.29, 0.717) is 25.6 Å². The van der Waals surface area contributed by atoms with Gasteiger partial charge in [-0.25, -0.2) is 4.99 Å². The quantitative estimate of drug-likeness (QED) is 0.456. The zero-order valence-electron chi connectivity index (χ0n) is 17.5. The fourth-order valence-electron chi connectivity index (χ4n) is 4.53. The van der Waals surface area contributed by atoms with Crippen LogP contribution in [0.3, 0.4) is 0 Å². The van der Waals surface area contributed by atoms with Crippen molar-refractivity contribution in [1.82, 2.24) is 20.0 Å². The van der Waals surface area contributed by atoms with Crippen molar-refractivity contribution in [2.24, 2.45) is 4.99 Å². The summed E-state index contributed by atoms with van der Waals surface area (Å²) in [6.07, 6.45) is 7.42. The average molecular weight is 396 g/mol. The van der Waals surface area contributed by atoms with E-state index in [4.69, 9.17) is 4.99 Å². The molecule has 156 valence electrons. The van der Waals surface area contributed by atoms with Gasteiger partial charge in [-0.1, -0.05) is 36.4 Å². The third-order valence-corrected chi connectivity index (χ3v) is 6.11. The van der Waals surface area contributed by atoms with Crippen molar-refractivity contribution in [3.8, 4) is 0 Å². The molecule has 3 heterocycles. The summed E-state index contributed by atoms with van der Waals surface area (Å²) in [6.45, 7) is 9.54. The van der Waals surface area contributed by atoms with Crippen LogP contribution in [0.1, 0.15) is 37.3 Å². The van der Waals surface area contributed by atoms with Gasteiger partial charge in [0.05, 0.1) is 6.54 Å². The van der Waals surface area contributed by atoms with E-state index >= 15 is 0 Å². The number of guanidine groups is 1. The number of benzene rings is 1. The first-order valence-corrected chi connectivity index (χ1v) is 11.0. The molecular formula is C23H33N5O. The number of amides is 1. The zero-order chi connectivity index (χ0) is 20.1. The van der Waals surface area contributed by atoms with Gasteiger partial charge in [0.2, 0.25) is 5.91 Å². The van der Waals surface area contributed by atoms with Crippen molar-refractivity contribution in [2.45, 2.75) is 45.3 Å². The average Bonchev–Trinajstić information content (AvgIpc) is 3.48. The number of nitrogens with zero attached hydrogens (tertiary/aromatic N) is 4. The van der Waals surface area contributed by atoms with Gasteiger partial charge in [-0.3, -0.25) is 9.69 Å². The molecule has 1 unspecified atom stereocenters. The van der Waals surface area contributed by atoms with Crippen LogP contribution in [0.5, 0.6) is 0 Å². The lowest BCUT2D eigenvalue weighted by atomic mass is 10.1. The summed E-state index contributed by atoms with van der Waals surface area (Å²) in [5.41, 5.74) is 2.39. The third kappa shape index (κ3) is 4.99. The number of carbonyl (C=O) groups is 1. The molecule has 0 bridgehead atoms. The van der Waals surface area contributed by atoms with E-state index in [0.717, 1.165) is 51.6 Å². The van der Waals surface area contributed by atoms with Crippen molar-refractivity contribution in [3.05, 3.63) is 47.5 Å². The molecule has 6 nitrogen and oxygen atoms in total. The lowest BCUT2D eigenvalue weighted by Crippen LogP contribution is -2.42. The molecule has 0 saturated carbocycles. The predicted molar refractivity (Wildman–Crippen MR) is 117 cm³/mol. The van der Waals surface area contributed by atoms with Gasteiger partial charge in [-0.05, 0) is 30.9 Å². The Bertz CT molecular complexity index is 766. The number of hydrogen-bond acceptors (Lipinski definition) is 3. The van der Waals surface area contributed by atoms with Crippen LogP contribution in [0.2, 0.25) is 0 Å². The van der Waals surface area contributed by atoms with Crippen molar-refractivity contribution < 1.29 is 4.79 Å². The molecule has 29 heavy (non-hydrogen) atoms. The highest BCUT2D eigenvalue weighted by atomic mass is 16.2. The van der Waals surface area contributed by atoms with Crippen LogP contribution < -0.4 is 5.32 Å². The molecule has 1 N–H and O–H groups in total. The van der Waals surface area contributed by atoms with Gasteiger partial charge in [0.1, 0.15) is 0 Å². The first-order chi connectivity index (χ1) is 14.2. The first-order valence-electron chi connectivity index (χ1n) is 11.0. The Morgan fingerprint density at radius 1 is 1.21 bits per heavy atom.